The van der Waals surface area contributed by atoms with E-state index in [4.69, 9.17) is 21.1 Å². The van der Waals surface area contributed by atoms with Crippen LogP contribution in [0.5, 0.6) is 5.75 Å². The number of nitrogens with zero attached hydrogens (tertiary/aromatic N) is 3. The molecule has 1 fully saturated rings. The molecule has 0 bridgehead atoms. The van der Waals surface area contributed by atoms with Gasteiger partial charge in [-0.2, -0.15) is 0 Å². The normalized spacial score (nSPS) is 14.8. The van der Waals surface area contributed by atoms with Crippen molar-refractivity contribution in [3.05, 3.63) is 52.4 Å². The molecule has 1 aliphatic carbocycles. The number of carbonyl (C=O) groups excluding carboxylic acids is 1. The fraction of sp³-hybridized carbons (Fsp3) is 0.435. The molecule has 0 atom stereocenters. The molecule has 30 heavy (non-hydrogen) atoms. The fourth-order valence-electron chi connectivity index (χ4n) is 4.01. The van der Waals surface area contributed by atoms with Gasteiger partial charge < -0.3 is 14.0 Å². The van der Waals surface area contributed by atoms with Crippen LogP contribution in [0.1, 0.15) is 54.0 Å². The standard InChI is InChI=1S/C23H26ClN3O3/c1-15-25-20-10-11-21(23(28)29-2)26-22(20)27(15)13-17-8-9-18(12-19(17)24)30-14-16-6-4-3-5-7-16/h8-12,16H,3-7,13-14H2,1-2H3. The zero-order valence-corrected chi connectivity index (χ0v) is 18.1. The van der Waals surface area contributed by atoms with Crippen LogP contribution in [0, 0.1) is 12.8 Å². The van der Waals surface area contributed by atoms with Crippen LogP contribution < -0.4 is 4.74 Å². The molecule has 2 heterocycles. The van der Waals surface area contributed by atoms with Gasteiger partial charge in [0, 0.05) is 5.02 Å². The van der Waals surface area contributed by atoms with Crippen molar-refractivity contribution in [2.75, 3.05) is 13.7 Å². The predicted octanol–water partition coefficient (Wildman–Crippen LogP) is 5.19. The Morgan fingerprint density at radius 3 is 2.70 bits per heavy atom. The molecule has 1 saturated carbocycles. The van der Waals surface area contributed by atoms with Crippen LogP contribution in [-0.2, 0) is 11.3 Å². The van der Waals surface area contributed by atoms with Gasteiger partial charge >= 0.3 is 5.97 Å². The number of rotatable bonds is 6. The first-order valence-electron chi connectivity index (χ1n) is 10.4. The summed E-state index contributed by atoms with van der Waals surface area (Å²) in [6, 6.07) is 9.22. The summed E-state index contributed by atoms with van der Waals surface area (Å²) < 4.78 is 12.7. The summed E-state index contributed by atoms with van der Waals surface area (Å²) in [6.07, 6.45) is 6.45. The van der Waals surface area contributed by atoms with Gasteiger partial charge in [-0.25, -0.2) is 14.8 Å². The van der Waals surface area contributed by atoms with Crippen LogP contribution in [0.3, 0.4) is 0 Å². The number of fused-ring (bicyclic) bond motifs is 1. The van der Waals surface area contributed by atoms with Gasteiger partial charge in [-0.05, 0) is 55.5 Å². The molecule has 1 aliphatic rings. The lowest BCUT2D eigenvalue weighted by molar-refractivity contribution is 0.0594. The Bertz CT molecular complexity index is 1060. The number of hydrogen-bond donors (Lipinski definition) is 0. The molecule has 1 aromatic carbocycles. The number of halogens is 1. The van der Waals surface area contributed by atoms with Gasteiger partial charge in [-0.3, -0.25) is 0 Å². The number of carbonyl (C=O) groups is 1. The molecule has 158 valence electrons. The molecule has 0 unspecified atom stereocenters. The van der Waals surface area contributed by atoms with E-state index < -0.39 is 5.97 Å². The van der Waals surface area contributed by atoms with Crippen molar-refractivity contribution < 1.29 is 14.3 Å². The first kappa shape index (κ1) is 20.7. The van der Waals surface area contributed by atoms with Crippen LogP contribution in [0.4, 0.5) is 0 Å². The molecule has 0 radical (unpaired) electrons. The Morgan fingerprint density at radius 1 is 1.17 bits per heavy atom. The molecule has 6 nitrogen and oxygen atoms in total. The summed E-state index contributed by atoms with van der Waals surface area (Å²) in [5.41, 5.74) is 2.55. The molecule has 0 saturated heterocycles. The van der Waals surface area contributed by atoms with E-state index in [0.29, 0.717) is 23.1 Å². The summed E-state index contributed by atoms with van der Waals surface area (Å²) in [5.74, 6) is 1.77. The Labute approximate surface area is 181 Å². The van der Waals surface area contributed by atoms with Crippen LogP contribution >= 0.6 is 11.6 Å². The lowest BCUT2D eigenvalue weighted by Gasteiger charge is -2.21. The SMILES string of the molecule is COC(=O)c1ccc2nc(C)n(Cc3ccc(OCC4CCCCC4)cc3Cl)c2n1. The molecule has 0 amide bonds. The molecular weight excluding hydrogens is 402 g/mol. The third-order valence-electron chi connectivity index (χ3n) is 5.74. The number of aryl methyl sites for hydroxylation is 1. The largest absolute Gasteiger partial charge is 0.493 e. The van der Waals surface area contributed by atoms with Crippen molar-refractivity contribution in [2.45, 2.75) is 45.6 Å². The first-order valence-corrected chi connectivity index (χ1v) is 10.8. The van der Waals surface area contributed by atoms with E-state index in [9.17, 15) is 4.79 Å². The Kier molecular flexibility index (Phi) is 6.23. The second kappa shape index (κ2) is 9.04. The summed E-state index contributed by atoms with van der Waals surface area (Å²) in [5, 5.41) is 0.640. The second-order valence-corrected chi connectivity index (χ2v) is 8.25. The van der Waals surface area contributed by atoms with Crippen LogP contribution in [0.15, 0.2) is 30.3 Å². The van der Waals surface area contributed by atoms with E-state index >= 15 is 0 Å². The maximum Gasteiger partial charge on any atom is 0.356 e. The number of benzene rings is 1. The molecule has 0 N–H and O–H groups in total. The highest BCUT2D eigenvalue weighted by atomic mass is 35.5. The van der Waals surface area contributed by atoms with Crippen LogP contribution in [0.25, 0.3) is 11.2 Å². The zero-order chi connectivity index (χ0) is 21.1. The molecule has 2 aromatic heterocycles. The maximum atomic E-state index is 11.9. The van der Waals surface area contributed by atoms with E-state index in [1.165, 1.54) is 39.2 Å². The molecular formula is C23H26ClN3O3. The number of aromatic nitrogens is 3. The topological polar surface area (TPSA) is 66.2 Å². The van der Waals surface area contributed by atoms with E-state index in [0.717, 1.165) is 29.3 Å². The highest BCUT2D eigenvalue weighted by molar-refractivity contribution is 6.31. The first-order chi connectivity index (χ1) is 14.5. The van der Waals surface area contributed by atoms with E-state index in [1.54, 1.807) is 12.1 Å². The van der Waals surface area contributed by atoms with Gasteiger partial charge in [0.15, 0.2) is 11.3 Å². The number of esters is 1. The quantitative estimate of drug-likeness (QED) is 0.506. The molecule has 3 aromatic rings. The predicted molar refractivity (Wildman–Crippen MR) is 116 cm³/mol. The van der Waals surface area contributed by atoms with Crippen molar-refractivity contribution in [1.29, 1.82) is 0 Å². The van der Waals surface area contributed by atoms with Crippen molar-refractivity contribution in [3.63, 3.8) is 0 Å². The lowest BCUT2D eigenvalue weighted by atomic mass is 9.90. The van der Waals surface area contributed by atoms with Crippen LogP contribution in [-0.4, -0.2) is 34.2 Å². The Hall–Kier alpha value is -2.60. The number of hydrogen-bond acceptors (Lipinski definition) is 5. The molecule has 0 aliphatic heterocycles. The minimum absolute atomic E-state index is 0.253. The number of pyridine rings is 1. The number of ether oxygens (including phenoxy) is 2. The highest BCUT2D eigenvalue weighted by Crippen LogP contribution is 2.28. The van der Waals surface area contributed by atoms with E-state index in [2.05, 4.69) is 9.97 Å². The maximum absolute atomic E-state index is 11.9. The summed E-state index contributed by atoms with van der Waals surface area (Å²) >= 11 is 6.57. The average Bonchev–Trinajstić information content (AvgIpc) is 3.08. The second-order valence-electron chi connectivity index (χ2n) is 7.84. The van der Waals surface area contributed by atoms with Crippen molar-refractivity contribution >= 4 is 28.7 Å². The Balaban J connectivity index is 1.52. The minimum atomic E-state index is -0.472. The van der Waals surface area contributed by atoms with Crippen molar-refractivity contribution in [2.24, 2.45) is 5.92 Å². The number of methoxy groups -OCH3 is 1. The molecule has 0 spiro atoms. The zero-order valence-electron chi connectivity index (χ0n) is 17.4. The monoisotopic (exact) mass is 427 g/mol. The molecule has 7 heteroatoms. The summed E-state index contributed by atoms with van der Waals surface area (Å²) in [7, 11) is 1.34. The smallest absolute Gasteiger partial charge is 0.356 e. The highest BCUT2D eigenvalue weighted by Gasteiger charge is 2.16. The van der Waals surface area contributed by atoms with Crippen LogP contribution in [0.2, 0.25) is 5.02 Å². The van der Waals surface area contributed by atoms with Gasteiger partial charge in [0.25, 0.3) is 0 Å². The van der Waals surface area contributed by atoms with E-state index in [-0.39, 0.29) is 5.69 Å². The van der Waals surface area contributed by atoms with Gasteiger partial charge in [-0.15, -0.1) is 0 Å². The van der Waals surface area contributed by atoms with Gasteiger partial charge in [0.05, 0.1) is 20.3 Å². The van der Waals surface area contributed by atoms with Crippen molar-refractivity contribution in [1.82, 2.24) is 14.5 Å². The van der Waals surface area contributed by atoms with Gasteiger partial charge in [-0.1, -0.05) is 36.9 Å². The summed E-state index contributed by atoms with van der Waals surface area (Å²) in [6.45, 7) is 3.16. The third kappa shape index (κ3) is 4.43. The average molecular weight is 428 g/mol. The Morgan fingerprint density at radius 2 is 1.97 bits per heavy atom. The van der Waals surface area contributed by atoms with Crippen molar-refractivity contribution in [3.8, 4) is 5.75 Å². The fourth-order valence-corrected chi connectivity index (χ4v) is 4.24. The van der Waals surface area contributed by atoms with E-state index in [1.807, 2.05) is 29.7 Å². The minimum Gasteiger partial charge on any atom is -0.493 e. The number of imidazole rings is 1. The lowest BCUT2D eigenvalue weighted by Crippen LogP contribution is -2.15. The molecule has 4 rings (SSSR count). The summed E-state index contributed by atoms with van der Waals surface area (Å²) in [4.78, 5) is 20.8. The van der Waals surface area contributed by atoms with Gasteiger partial charge in [0.1, 0.15) is 17.1 Å². The van der Waals surface area contributed by atoms with Gasteiger partial charge in [0.2, 0.25) is 0 Å². The third-order valence-corrected chi connectivity index (χ3v) is 6.09.